The van der Waals surface area contributed by atoms with Gasteiger partial charge >= 0.3 is 5.97 Å². The fourth-order valence-corrected chi connectivity index (χ4v) is 4.15. The first-order valence-electron chi connectivity index (χ1n) is 6.13. The van der Waals surface area contributed by atoms with Crippen LogP contribution in [0.5, 0.6) is 0 Å². The molecule has 0 spiro atoms. The van der Waals surface area contributed by atoms with E-state index in [-0.39, 0.29) is 5.69 Å². The van der Waals surface area contributed by atoms with Crippen LogP contribution in [0.3, 0.4) is 0 Å². The van der Waals surface area contributed by atoms with Crippen molar-refractivity contribution in [3.63, 3.8) is 0 Å². The van der Waals surface area contributed by atoms with E-state index in [0.717, 1.165) is 5.56 Å². The lowest BCUT2D eigenvalue weighted by Crippen LogP contribution is -2.15. The number of carbonyl (C=O) groups is 1. The third kappa shape index (κ3) is 3.82. The minimum absolute atomic E-state index is 0.243. The number of aryl methyl sites for hydroxylation is 1. The standard InChI is InChI=1S/C14H10BrClFNO4S/c1-7-2-3-12(9(15)4-7)18-23(21,22)13-5-8(14(19)20)11(17)6-10(13)16/h2-6,18H,1H3,(H,19,20). The number of anilines is 1. The highest BCUT2D eigenvalue weighted by Gasteiger charge is 2.23. The summed E-state index contributed by atoms with van der Waals surface area (Å²) in [6, 6.07) is 6.27. The van der Waals surface area contributed by atoms with Gasteiger partial charge in [-0.15, -0.1) is 0 Å². The molecule has 2 aromatic rings. The Morgan fingerprint density at radius 1 is 1.30 bits per heavy atom. The number of sulfonamides is 1. The zero-order valence-electron chi connectivity index (χ0n) is 11.6. The molecule has 0 aliphatic carbocycles. The van der Waals surface area contributed by atoms with Gasteiger partial charge in [-0.05, 0) is 52.7 Å². The van der Waals surface area contributed by atoms with E-state index >= 15 is 0 Å². The van der Waals surface area contributed by atoms with Gasteiger partial charge in [-0.3, -0.25) is 4.72 Å². The molecule has 2 rings (SSSR count). The summed E-state index contributed by atoms with van der Waals surface area (Å²) in [5.74, 6) is -2.70. The van der Waals surface area contributed by atoms with Crippen LogP contribution in [-0.4, -0.2) is 19.5 Å². The first kappa shape index (κ1) is 17.7. The number of halogens is 3. The molecule has 0 saturated carbocycles. The van der Waals surface area contributed by atoms with Crippen LogP contribution < -0.4 is 4.72 Å². The number of aromatic carboxylic acids is 1. The predicted molar refractivity (Wildman–Crippen MR) is 88.1 cm³/mol. The van der Waals surface area contributed by atoms with Crippen LogP contribution in [0.4, 0.5) is 10.1 Å². The number of rotatable bonds is 4. The first-order valence-corrected chi connectivity index (χ1v) is 8.78. The van der Waals surface area contributed by atoms with E-state index < -0.39 is 37.3 Å². The van der Waals surface area contributed by atoms with Crippen molar-refractivity contribution in [1.29, 1.82) is 0 Å². The molecule has 0 bridgehead atoms. The zero-order valence-corrected chi connectivity index (χ0v) is 14.8. The molecule has 122 valence electrons. The molecule has 0 heterocycles. The van der Waals surface area contributed by atoms with Gasteiger partial charge in [-0.1, -0.05) is 17.7 Å². The topological polar surface area (TPSA) is 83.5 Å². The van der Waals surface area contributed by atoms with E-state index in [4.69, 9.17) is 16.7 Å². The molecular weight excluding hydrogens is 413 g/mol. The van der Waals surface area contributed by atoms with Gasteiger partial charge in [0, 0.05) is 4.47 Å². The smallest absolute Gasteiger partial charge is 0.338 e. The van der Waals surface area contributed by atoms with Crippen LogP contribution in [0, 0.1) is 12.7 Å². The van der Waals surface area contributed by atoms with Crippen molar-refractivity contribution in [3.05, 3.63) is 56.8 Å². The molecule has 2 aromatic carbocycles. The Kier molecular flexibility index (Phi) is 4.98. The fourth-order valence-electron chi connectivity index (χ4n) is 1.80. The first-order chi connectivity index (χ1) is 10.6. The highest BCUT2D eigenvalue weighted by Crippen LogP contribution is 2.30. The van der Waals surface area contributed by atoms with E-state index in [0.29, 0.717) is 16.6 Å². The maximum absolute atomic E-state index is 13.5. The van der Waals surface area contributed by atoms with Crippen LogP contribution >= 0.6 is 27.5 Å². The monoisotopic (exact) mass is 421 g/mol. The predicted octanol–water partition coefficient (Wildman–Crippen LogP) is 4.05. The molecule has 2 N–H and O–H groups in total. The summed E-state index contributed by atoms with van der Waals surface area (Å²) in [4.78, 5) is 10.4. The van der Waals surface area contributed by atoms with Crippen molar-refractivity contribution in [1.82, 2.24) is 0 Å². The summed E-state index contributed by atoms with van der Waals surface area (Å²) in [5, 5.41) is 8.49. The third-order valence-electron chi connectivity index (χ3n) is 2.91. The Morgan fingerprint density at radius 2 is 1.96 bits per heavy atom. The normalized spacial score (nSPS) is 11.3. The van der Waals surface area contributed by atoms with Crippen LogP contribution in [-0.2, 0) is 10.0 Å². The van der Waals surface area contributed by atoms with Crippen LogP contribution in [0.15, 0.2) is 39.7 Å². The maximum Gasteiger partial charge on any atom is 0.338 e. The lowest BCUT2D eigenvalue weighted by Gasteiger charge is -2.12. The number of hydrogen-bond donors (Lipinski definition) is 2. The molecule has 0 aliphatic rings. The molecule has 0 unspecified atom stereocenters. The molecule has 9 heteroatoms. The second-order valence-electron chi connectivity index (χ2n) is 4.66. The maximum atomic E-state index is 13.5. The van der Waals surface area contributed by atoms with Gasteiger partial charge in [0.25, 0.3) is 10.0 Å². The van der Waals surface area contributed by atoms with Crippen molar-refractivity contribution < 1.29 is 22.7 Å². The zero-order chi connectivity index (χ0) is 17.4. The Hall–Kier alpha value is -1.64. The van der Waals surface area contributed by atoms with E-state index in [1.54, 1.807) is 12.1 Å². The molecule has 0 atom stereocenters. The Balaban J connectivity index is 2.51. The van der Waals surface area contributed by atoms with Gasteiger partial charge in [0.2, 0.25) is 0 Å². The van der Waals surface area contributed by atoms with Gasteiger partial charge in [-0.2, -0.15) is 0 Å². The largest absolute Gasteiger partial charge is 0.478 e. The van der Waals surface area contributed by atoms with E-state index in [1.165, 1.54) is 6.07 Å². The average Bonchev–Trinajstić information content (AvgIpc) is 2.41. The summed E-state index contributed by atoms with van der Waals surface area (Å²) < 4.78 is 41.1. The lowest BCUT2D eigenvalue weighted by molar-refractivity contribution is 0.0691. The van der Waals surface area contributed by atoms with Gasteiger partial charge in [0.15, 0.2) is 0 Å². The van der Waals surface area contributed by atoms with Crippen LogP contribution in [0.1, 0.15) is 15.9 Å². The van der Waals surface area contributed by atoms with Crippen molar-refractivity contribution in [2.75, 3.05) is 4.72 Å². The summed E-state index contributed by atoms with van der Waals surface area (Å²) >= 11 is 8.98. The molecule has 0 amide bonds. The van der Waals surface area contributed by atoms with Crippen molar-refractivity contribution in [2.45, 2.75) is 11.8 Å². The summed E-state index contributed by atoms with van der Waals surface area (Å²) in [6.45, 7) is 1.83. The fraction of sp³-hybridized carbons (Fsp3) is 0.0714. The van der Waals surface area contributed by atoms with Crippen LogP contribution in [0.25, 0.3) is 0 Å². The summed E-state index contributed by atoms with van der Waals surface area (Å²) in [6.07, 6.45) is 0. The van der Waals surface area contributed by atoms with E-state index in [9.17, 15) is 17.6 Å². The highest BCUT2D eigenvalue weighted by atomic mass is 79.9. The van der Waals surface area contributed by atoms with Crippen molar-refractivity contribution in [3.8, 4) is 0 Å². The second kappa shape index (κ2) is 6.46. The molecule has 0 radical (unpaired) electrons. The number of hydrogen-bond acceptors (Lipinski definition) is 3. The van der Waals surface area contributed by atoms with Gasteiger partial charge in [0.1, 0.15) is 10.7 Å². The quantitative estimate of drug-likeness (QED) is 0.778. The summed E-state index contributed by atoms with van der Waals surface area (Å²) in [7, 11) is -4.19. The molecular formula is C14H10BrClFNO4S. The summed E-state index contributed by atoms with van der Waals surface area (Å²) in [5.41, 5.74) is 0.374. The molecule has 0 fully saturated rings. The van der Waals surface area contributed by atoms with Crippen LogP contribution in [0.2, 0.25) is 5.02 Å². The number of carboxylic acid groups (broad SMARTS) is 1. The average molecular weight is 423 g/mol. The van der Waals surface area contributed by atoms with Crippen molar-refractivity contribution in [2.24, 2.45) is 0 Å². The minimum Gasteiger partial charge on any atom is -0.478 e. The molecule has 23 heavy (non-hydrogen) atoms. The van der Waals surface area contributed by atoms with E-state index in [1.807, 2.05) is 6.92 Å². The highest BCUT2D eigenvalue weighted by molar-refractivity contribution is 9.10. The minimum atomic E-state index is -4.19. The number of nitrogens with one attached hydrogen (secondary N) is 1. The Bertz CT molecular complexity index is 902. The lowest BCUT2D eigenvalue weighted by atomic mass is 10.2. The number of carboxylic acids is 1. The SMILES string of the molecule is Cc1ccc(NS(=O)(=O)c2cc(C(=O)O)c(F)cc2Cl)c(Br)c1. The Morgan fingerprint density at radius 3 is 2.52 bits per heavy atom. The van der Waals surface area contributed by atoms with Crippen molar-refractivity contribution >= 4 is 49.2 Å². The van der Waals surface area contributed by atoms with Gasteiger partial charge < -0.3 is 5.11 Å². The molecule has 5 nitrogen and oxygen atoms in total. The van der Waals surface area contributed by atoms with Gasteiger partial charge in [-0.25, -0.2) is 17.6 Å². The molecule has 0 aromatic heterocycles. The third-order valence-corrected chi connectivity index (χ3v) is 5.40. The molecule has 0 aliphatic heterocycles. The van der Waals surface area contributed by atoms with Gasteiger partial charge in [0.05, 0.1) is 16.3 Å². The Labute approximate surface area is 145 Å². The van der Waals surface area contributed by atoms with E-state index in [2.05, 4.69) is 20.7 Å². The second-order valence-corrected chi connectivity index (χ2v) is 7.57. The molecule has 0 saturated heterocycles. The number of benzene rings is 2.